The minimum atomic E-state index is -0.0724. The maximum Gasteiger partial charge on any atom is 0.0482 e. The van der Waals surface area contributed by atoms with Gasteiger partial charge in [-0.25, -0.2) is 0 Å². The third kappa shape index (κ3) is 2.90. The SMILES string of the molecule is CC(N)c1cc(Cl)c2c(c1-c1ccccc1)NCCCC2Br. The maximum atomic E-state index is 6.59. The van der Waals surface area contributed by atoms with Gasteiger partial charge in [-0.15, -0.1) is 0 Å². The van der Waals surface area contributed by atoms with E-state index in [1.807, 2.05) is 19.1 Å². The fourth-order valence-electron chi connectivity index (χ4n) is 3.09. The number of rotatable bonds is 2. The molecule has 3 N–H and O–H groups in total. The summed E-state index contributed by atoms with van der Waals surface area (Å²) in [6.45, 7) is 2.96. The minimum Gasteiger partial charge on any atom is -0.384 e. The van der Waals surface area contributed by atoms with Crippen molar-refractivity contribution in [1.82, 2.24) is 0 Å². The molecule has 1 aliphatic rings. The molecule has 22 heavy (non-hydrogen) atoms. The summed E-state index contributed by atoms with van der Waals surface area (Å²) < 4.78 is 0. The number of fused-ring (bicyclic) bond motifs is 1. The van der Waals surface area contributed by atoms with Gasteiger partial charge in [0.2, 0.25) is 0 Å². The van der Waals surface area contributed by atoms with E-state index < -0.39 is 0 Å². The van der Waals surface area contributed by atoms with E-state index in [1.54, 1.807) is 0 Å². The Balaban J connectivity index is 2.32. The Morgan fingerprint density at radius 2 is 2.05 bits per heavy atom. The molecule has 0 spiro atoms. The molecular formula is C18H20BrClN2. The van der Waals surface area contributed by atoms with Gasteiger partial charge in [0.25, 0.3) is 0 Å². The lowest BCUT2D eigenvalue weighted by Gasteiger charge is -2.23. The first-order chi connectivity index (χ1) is 10.6. The highest BCUT2D eigenvalue weighted by Gasteiger charge is 2.25. The maximum absolute atomic E-state index is 6.59. The van der Waals surface area contributed by atoms with E-state index in [0.29, 0.717) is 0 Å². The molecule has 2 unspecified atom stereocenters. The topological polar surface area (TPSA) is 38.0 Å². The van der Waals surface area contributed by atoms with Crippen molar-refractivity contribution in [2.24, 2.45) is 5.73 Å². The predicted molar refractivity (Wildman–Crippen MR) is 98.9 cm³/mol. The van der Waals surface area contributed by atoms with Crippen LogP contribution in [0.2, 0.25) is 5.02 Å². The molecule has 4 heteroatoms. The van der Waals surface area contributed by atoms with E-state index in [1.165, 1.54) is 11.1 Å². The molecule has 2 aromatic rings. The first-order valence-corrected chi connectivity index (χ1v) is 8.94. The lowest BCUT2D eigenvalue weighted by molar-refractivity contribution is 0.779. The highest BCUT2D eigenvalue weighted by atomic mass is 79.9. The van der Waals surface area contributed by atoms with Crippen LogP contribution in [0.5, 0.6) is 0 Å². The van der Waals surface area contributed by atoms with Gasteiger partial charge in [0.1, 0.15) is 0 Å². The molecule has 0 amide bonds. The fourth-order valence-corrected chi connectivity index (χ4v) is 4.36. The average Bonchev–Trinajstić information content (AvgIpc) is 2.70. The molecular weight excluding hydrogens is 360 g/mol. The van der Waals surface area contributed by atoms with E-state index in [0.717, 1.165) is 41.2 Å². The average molecular weight is 380 g/mol. The summed E-state index contributed by atoms with van der Waals surface area (Å²) >= 11 is 10.4. The third-order valence-corrected chi connectivity index (χ3v) is 5.38. The Hall–Kier alpha value is -1.03. The van der Waals surface area contributed by atoms with Crippen molar-refractivity contribution in [2.75, 3.05) is 11.9 Å². The fraction of sp³-hybridized carbons (Fsp3) is 0.333. The first kappa shape index (κ1) is 15.9. The monoisotopic (exact) mass is 378 g/mol. The van der Waals surface area contributed by atoms with Crippen molar-refractivity contribution in [1.29, 1.82) is 0 Å². The van der Waals surface area contributed by atoms with Crippen molar-refractivity contribution < 1.29 is 0 Å². The first-order valence-electron chi connectivity index (χ1n) is 7.65. The molecule has 2 aromatic carbocycles. The van der Waals surface area contributed by atoms with E-state index in [4.69, 9.17) is 17.3 Å². The molecule has 0 aliphatic carbocycles. The van der Waals surface area contributed by atoms with Crippen LogP contribution in [0.3, 0.4) is 0 Å². The van der Waals surface area contributed by atoms with Gasteiger partial charge in [-0.3, -0.25) is 0 Å². The summed E-state index contributed by atoms with van der Waals surface area (Å²) in [5.41, 5.74) is 12.0. The summed E-state index contributed by atoms with van der Waals surface area (Å²) in [6.07, 6.45) is 2.19. The highest BCUT2D eigenvalue weighted by molar-refractivity contribution is 9.09. The second-order valence-electron chi connectivity index (χ2n) is 5.80. The minimum absolute atomic E-state index is 0.0724. The smallest absolute Gasteiger partial charge is 0.0482 e. The van der Waals surface area contributed by atoms with E-state index in [2.05, 4.69) is 45.5 Å². The van der Waals surface area contributed by atoms with Gasteiger partial charge in [-0.2, -0.15) is 0 Å². The van der Waals surface area contributed by atoms with Gasteiger partial charge < -0.3 is 11.1 Å². The lowest BCUT2D eigenvalue weighted by Crippen LogP contribution is -2.11. The van der Waals surface area contributed by atoms with Crippen LogP contribution in [0.15, 0.2) is 36.4 Å². The molecule has 0 saturated carbocycles. The zero-order chi connectivity index (χ0) is 15.7. The van der Waals surface area contributed by atoms with Gasteiger partial charge in [-0.1, -0.05) is 57.9 Å². The Kier molecular flexibility index (Phi) is 4.76. The van der Waals surface area contributed by atoms with Crippen molar-refractivity contribution in [3.63, 3.8) is 0 Å². The Labute approximate surface area is 145 Å². The number of nitrogens with two attached hydrogens (primary N) is 1. The summed E-state index contributed by atoms with van der Waals surface area (Å²) in [7, 11) is 0. The van der Waals surface area contributed by atoms with Gasteiger partial charge in [0.15, 0.2) is 0 Å². The number of anilines is 1. The zero-order valence-electron chi connectivity index (χ0n) is 12.6. The van der Waals surface area contributed by atoms with Crippen LogP contribution in [0.4, 0.5) is 5.69 Å². The van der Waals surface area contributed by atoms with Gasteiger partial charge >= 0.3 is 0 Å². The van der Waals surface area contributed by atoms with Gasteiger partial charge in [-0.05, 0) is 37.0 Å². The van der Waals surface area contributed by atoms with Crippen molar-refractivity contribution in [2.45, 2.75) is 30.6 Å². The van der Waals surface area contributed by atoms with Crippen molar-refractivity contribution in [3.05, 3.63) is 52.5 Å². The molecule has 2 atom stereocenters. The zero-order valence-corrected chi connectivity index (χ0v) is 14.9. The van der Waals surface area contributed by atoms with Crippen LogP contribution in [0.25, 0.3) is 11.1 Å². The van der Waals surface area contributed by atoms with Crippen LogP contribution in [0.1, 0.15) is 41.8 Å². The summed E-state index contributed by atoms with van der Waals surface area (Å²) in [6, 6.07) is 12.4. The standard InChI is InChI=1S/C18H20BrClN2/c1-11(21)13-10-15(20)17-14(19)8-5-9-22-18(17)16(13)12-6-3-2-4-7-12/h2-4,6-7,10-11,14,22H,5,8-9,21H2,1H3. The molecule has 2 nitrogen and oxygen atoms in total. The number of hydrogen-bond donors (Lipinski definition) is 2. The Morgan fingerprint density at radius 1 is 1.32 bits per heavy atom. The molecule has 0 saturated heterocycles. The molecule has 0 fully saturated rings. The van der Waals surface area contributed by atoms with E-state index >= 15 is 0 Å². The van der Waals surface area contributed by atoms with Crippen LogP contribution >= 0.6 is 27.5 Å². The summed E-state index contributed by atoms with van der Waals surface area (Å²) in [5.74, 6) is 0. The number of nitrogens with one attached hydrogen (secondary N) is 1. The normalized spacial score (nSPS) is 19.0. The molecule has 116 valence electrons. The predicted octanol–water partition coefficient (Wildman–Crippen LogP) is 5.67. The lowest BCUT2D eigenvalue weighted by atomic mass is 9.90. The Morgan fingerprint density at radius 3 is 2.73 bits per heavy atom. The molecule has 1 heterocycles. The quantitative estimate of drug-likeness (QED) is 0.660. The Bertz CT molecular complexity index is 671. The van der Waals surface area contributed by atoms with Crippen LogP contribution < -0.4 is 11.1 Å². The van der Waals surface area contributed by atoms with Gasteiger partial charge in [0, 0.05) is 39.3 Å². The molecule has 1 aliphatic heterocycles. The van der Waals surface area contributed by atoms with Crippen molar-refractivity contribution in [3.8, 4) is 11.1 Å². The molecule has 0 radical (unpaired) electrons. The number of halogens is 2. The van der Waals surface area contributed by atoms with Gasteiger partial charge in [0.05, 0.1) is 0 Å². The summed E-state index contributed by atoms with van der Waals surface area (Å²) in [5, 5.41) is 4.38. The number of hydrogen-bond acceptors (Lipinski definition) is 2. The molecule has 0 bridgehead atoms. The second kappa shape index (κ2) is 6.61. The molecule has 0 aromatic heterocycles. The number of alkyl halides is 1. The number of benzene rings is 2. The largest absolute Gasteiger partial charge is 0.384 e. The van der Waals surface area contributed by atoms with E-state index in [9.17, 15) is 0 Å². The molecule has 3 rings (SSSR count). The van der Waals surface area contributed by atoms with Crippen LogP contribution in [-0.4, -0.2) is 6.54 Å². The highest BCUT2D eigenvalue weighted by Crippen LogP contribution is 2.47. The summed E-state index contributed by atoms with van der Waals surface area (Å²) in [4.78, 5) is 0.273. The third-order valence-electron chi connectivity index (χ3n) is 4.15. The van der Waals surface area contributed by atoms with Crippen LogP contribution in [-0.2, 0) is 0 Å². The van der Waals surface area contributed by atoms with E-state index in [-0.39, 0.29) is 10.9 Å². The second-order valence-corrected chi connectivity index (χ2v) is 7.32. The van der Waals surface area contributed by atoms with Crippen LogP contribution in [0, 0.1) is 0 Å². The van der Waals surface area contributed by atoms with Crippen molar-refractivity contribution >= 4 is 33.2 Å².